The van der Waals surface area contributed by atoms with Gasteiger partial charge in [0.1, 0.15) is 10.6 Å². The maximum absolute atomic E-state index is 5.98. The van der Waals surface area contributed by atoms with Gasteiger partial charge in [0.15, 0.2) is 0 Å². The molecule has 3 aromatic heterocycles. The standard InChI is InChI=1S/C14H13ClN4OS/c1-8-5-10-12(18-14(15)19-13(10)21-8)17-7-9-3-4-16-11(6-9)20-2/h3-6H,7H2,1-2H3,(H,17,18,19). The van der Waals surface area contributed by atoms with Gasteiger partial charge in [-0.25, -0.2) is 15.0 Å². The van der Waals surface area contributed by atoms with Crippen molar-refractivity contribution < 1.29 is 4.74 Å². The molecule has 0 aliphatic heterocycles. The minimum absolute atomic E-state index is 0.249. The lowest BCUT2D eigenvalue weighted by Gasteiger charge is -2.08. The number of fused-ring (bicyclic) bond motifs is 1. The van der Waals surface area contributed by atoms with E-state index in [-0.39, 0.29) is 5.28 Å². The summed E-state index contributed by atoms with van der Waals surface area (Å²) in [6.07, 6.45) is 1.72. The van der Waals surface area contributed by atoms with E-state index in [4.69, 9.17) is 16.3 Å². The Balaban J connectivity index is 1.87. The van der Waals surface area contributed by atoms with E-state index in [0.717, 1.165) is 21.6 Å². The Labute approximate surface area is 131 Å². The summed E-state index contributed by atoms with van der Waals surface area (Å²) in [6, 6.07) is 5.87. The van der Waals surface area contributed by atoms with Crippen molar-refractivity contribution in [3.8, 4) is 5.88 Å². The molecule has 0 fully saturated rings. The lowest BCUT2D eigenvalue weighted by Crippen LogP contribution is -2.03. The van der Waals surface area contributed by atoms with Crippen LogP contribution in [0.15, 0.2) is 24.4 Å². The fourth-order valence-electron chi connectivity index (χ4n) is 2.01. The summed E-state index contributed by atoms with van der Waals surface area (Å²) in [6.45, 7) is 2.65. The number of aryl methyl sites for hydroxylation is 1. The highest BCUT2D eigenvalue weighted by Crippen LogP contribution is 2.29. The van der Waals surface area contributed by atoms with E-state index in [1.165, 1.54) is 4.88 Å². The quantitative estimate of drug-likeness (QED) is 0.743. The minimum atomic E-state index is 0.249. The van der Waals surface area contributed by atoms with Crippen molar-refractivity contribution in [2.24, 2.45) is 0 Å². The van der Waals surface area contributed by atoms with E-state index >= 15 is 0 Å². The molecule has 0 saturated heterocycles. The van der Waals surface area contributed by atoms with Gasteiger partial charge in [0, 0.05) is 23.7 Å². The number of thiophene rings is 1. The van der Waals surface area contributed by atoms with Crippen LogP contribution >= 0.6 is 22.9 Å². The predicted octanol–water partition coefficient (Wildman–Crippen LogP) is 3.67. The smallest absolute Gasteiger partial charge is 0.225 e. The first-order chi connectivity index (χ1) is 10.2. The Morgan fingerprint density at radius 3 is 3.00 bits per heavy atom. The van der Waals surface area contributed by atoms with Crippen LogP contribution in [0.1, 0.15) is 10.4 Å². The number of hydrogen-bond acceptors (Lipinski definition) is 6. The first-order valence-corrected chi connectivity index (χ1v) is 7.51. The molecule has 0 aliphatic rings. The van der Waals surface area contributed by atoms with E-state index < -0.39 is 0 Å². The van der Waals surface area contributed by atoms with Crippen LogP contribution in [0.5, 0.6) is 5.88 Å². The molecule has 3 aromatic rings. The number of anilines is 1. The molecule has 0 saturated carbocycles. The summed E-state index contributed by atoms with van der Waals surface area (Å²) in [5.41, 5.74) is 1.05. The Morgan fingerprint density at radius 2 is 2.19 bits per heavy atom. The second kappa shape index (κ2) is 5.83. The molecular weight excluding hydrogens is 308 g/mol. The zero-order valence-electron chi connectivity index (χ0n) is 11.6. The van der Waals surface area contributed by atoms with E-state index in [1.54, 1.807) is 24.6 Å². The van der Waals surface area contributed by atoms with Gasteiger partial charge in [0.05, 0.1) is 12.5 Å². The van der Waals surface area contributed by atoms with Gasteiger partial charge < -0.3 is 10.1 Å². The van der Waals surface area contributed by atoms with E-state index in [9.17, 15) is 0 Å². The number of methoxy groups -OCH3 is 1. The molecule has 0 bridgehead atoms. The minimum Gasteiger partial charge on any atom is -0.481 e. The fraction of sp³-hybridized carbons (Fsp3) is 0.214. The molecule has 0 amide bonds. The molecule has 0 spiro atoms. The average Bonchev–Trinajstić information content (AvgIpc) is 2.85. The zero-order chi connectivity index (χ0) is 14.8. The molecule has 0 atom stereocenters. The van der Waals surface area contributed by atoms with E-state index in [1.807, 2.05) is 19.1 Å². The van der Waals surface area contributed by atoms with Crippen LogP contribution in [-0.2, 0) is 6.54 Å². The second-order valence-electron chi connectivity index (χ2n) is 4.48. The van der Waals surface area contributed by atoms with Gasteiger partial charge >= 0.3 is 0 Å². The number of nitrogens with zero attached hydrogens (tertiary/aromatic N) is 3. The first-order valence-electron chi connectivity index (χ1n) is 6.32. The van der Waals surface area contributed by atoms with Crippen LogP contribution in [0.4, 0.5) is 5.82 Å². The normalized spacial score (nSPS) is 10.8. The van der Waals surface area contributed by atoms with Crippen molar-refractivity contribution in [3.05, 3.63) is 40.1 Å². The Kier molecular flexibility index (Phi) is 3.90. The molecule has 0 aromatic carbocycles. The van der Waals surface area contributed by atoms with Crippen molar-refractivity contribution in [2.45, 2.75) is 13.5 Å². The van der Waals surface area contributed by atoms with Gasteiger partial charge in [-0.05, 0) is 36.2 Å². The number of ether oxygens (including phenoxy) is 1. The fourth-order valence-corrected chi connectivity index (χ4v) is 3.11. The summed E-state index contributed by atoms with van der Waals surface area (Å²) in [5, 5.41) is 4.54. The number of halogens is 1. The summed E-state index contributed by atoms with van der Waals surface area (Å²) in [7, 11) is 1.60. The monoisotopic (exact) mass is 320 g/mol. The van der Waals surface area contributed by atoms with E-state index in [0.29, 0.717) is 12.4 Å². The van der Waals surface area contributed by atoms with Crippen LogP contribution in [0.3, 0.4) is 0 Å². The summed E-state index contributed by atoms with van der Waals surface area (Å²) >= 11 is 7.58. The number of rotatable bonds is 4. The van der Waals surface area contributed by atoms with Crippen LogP contribution in [0.25, 0.3) is 10.2 Å². The summed E-state index contributed by atoms with van der Waals surface area (Å²) in [4.78, 5) is 14.7. The van der Waals surface area contributed by atoms with Crippen LogP contribution in [-0.4, -0.2) is 22.1 Å². The molecule has 7 heteroatoms. The number of aromatic nitrogens is 3. The van der Waals surface area contributed by atoms with Crippen molar-refractivity contribution in [2.75, 3.05) is 12.4 Å². The largest absolute Gasteiger partial charge is 0.481 e. The molecule has 3 heterocycles. The second-order valence-corrected chi connectivity index (χ2v) is 6.05. The van der Waals surface area contributed by atoms with Gasteiger partial charge in [0.25, 0.3) is 0 Å². The SMILES string of the molecule is COc1cc(CNc2nc(Cl)nc3sc(C)cc23)ccn1. The van der Waals surface area contributed by atoms with Gasteiger partial charge in [-0.2, -0.15) is 0 Å². The van der Waals surface area contributed by atoms with Crippen LogP contribution in [0.2, 0.25) is 5.28 Å². The van der Waals surface area contributed by atoms with Gasteiger partial charge in [-0.1, -0.05) is 0 Å². The molecule has 0 aliphatic carbocycles. The lowest BCUT2D eigenvalue weighted by atomic mass is 10.2. The van der Waals surface area contributed by atoms with Gasteiger partial charge in [-0.3, -0.25) is 0 Å². The number of nitrogens with one attached hydrogen (secondary N) is 1. The zero-order valence-corrected chi connectivity index (χ0v) is 13.1. The van der Waals surface area contributed by atoms with Crippen LogP contribution in [0, 0.1) is 6.92 Å². The Hall–Kier alpha value is -1.92. The van der Waals surface area contributed by atoms with Gasteiger partial charge in [-0.15, -0.1) is 11.3 Å². The topological polar surface area (TPSA) is 59.9 Å². The lowest BCUT2D eigenvalue weighted by molar-refractivity contribution is 0.397. The molecule has 1 N–H and O–H groups in total. The molecule has 0 radical (unpaired) electrons. The predicted molar refractivity (Wildman–Crippen MR) is 85.3 cm³/mol. The van der Waals surface area contributed by atoms with Gasteiger partial charge in [0.2, 0.25) is 11.2 Å². The van der Waals surface area contributed by atoms with Crippen molar-refractivity contribution in [1.82, 2.24) is 15.0 Å². The maximum atomic E-state index is 5.98. The first kappa shape index (κ1) is 14.0. The third kappa shape index (κ3) is 3.06. The number of pyridine rings is 1. The highest BCUT2D eigenvalue weighted by atomic mass is 35.5. The molecule has 21 heavy (non-hydrogen) atoms. The molecule has 108 valence electrons. The third-order valence-corrected chi connectivity index (χ3v) is 4.07. The van der Waals surface area contributed by atoms with Crippen LogP contribution < -0.4 is 10.1 Å². The average molecular weight is 321 g/mol. The molecule has 5 nitrogen and oxygen atoms in total. The van der Waals surface area contributed by atoms with Crippen molar-refractivity contribution in [3.63, 3.8) is 0 Å². The third-order valence-electron chi connectivity index (χ3n) is 2.96. The summed E-state index contributed by atoms with van der Waals surface area (Å²) < 4.78 is 5.12. The van der Waals surface area contributed by atoms with Crippen molar-refractivity contribution >= 4 is 39.0 Å². The number of hydrogen-bond donors (Lipinski definition) is 1. The molecule has 0 unspecified atom stereocenters. The summed E-state index contributed by atoms with van der Waals surface area (Å²) in [5.74, 6) is 1.33. The molecule has 3 rings (SSSR count). The maximum Gasteiger partial charge on any atom is 0.225 e. The Bertz CT molecular complexity index is 790. The molecular formula is C14H13ClN4OS. The Morgan fingerprint density at radius 1 is 1.33 bits per heavy atom. The highest BCUT2D eigenvalue weighted by Gasteiger charge is 2.09. The van der Waals surface area contributed by atoms with Crippen molar-refractivity contribution in [1.29, 1.82) is 0 Å². The van der Waals surface area contributed by atoms with E-state index in [2.05, 4.69) is 26.3 Å². The highest BCUT2D eigenvalue weighted by molar-refractivity contribution is 7.18.